The van der Waals surface area contributed by atoms with Crippen LogP contribution in [0.1, 0.15) is 12.0 Å². The first-order valence-electron chi connectivity index (χ1n) is 7.12. The van der Waals surface area contributed by atoms with E-state index in [2.05, 4.69) is 56.1 Å². The van der Waals surface area contributed by atoms with Crippen LogP contribution in [-0.4, -0.2) is 44.9 Å². The molecular formula is C15H23BrN2OS. The Morgan fingerprint density at radius 1 is 1.35 bits per heavy atom. The van der Waals surface area contributed by atoms with Crippen molar-refractivity contribution in [2.45, 2.75) is 13.0 Å². The highest BCUT2D eigenvalue weighted by molar-refractivity contribution is 9.10. The molecule has 112 valence electrons. The van der Waals surface area contributed by atoms with Crippen molar-refractivity contribution in [3.05, 3.63) is 28.2 Å². The fourth-order valence-electron chi connectivity index (χ4n) is 2.31. The Morgan fingerprint density at radius 2 is 2.25 bits per heavy atom. The summed E-state index contributed by atoms with van der Waals surface area (Å²) in [5, 5.41) is 3.38. The maximum Gasteiger partial charge on any atom is 0.0587 e. The van der Waals surface area contributed by atoms with Gasteiger partial charge in [-0.05, 0) is 45.8 Å². The predicted octanol–water partition coefficient (Wildman–Crippen LogP) is 3.13. The standard InChI is InChI=1S/C15H23BrN2OS/c1-19-8-5-17-12-13-3-4-15(14(16)11-13)18-6-2-9-20-10-7-18/h3-4,11,17H,2,5-10,12H2,1H3. The van der Waals surface area contributed by atoms with Gasteiger partial charge in [0.1, 0.15) is 0 Å². The molecule has 0 aliphatic carbocycles. The lowest BCUT2D eigenvalue weighted by Gasteiger charge is -2.24. The first kappa shape index (κ1) is 16.1. The molecule has 1 heterocycles. The predicted molar refractivity (Wildman–Crippen MR) is 91.9 cm³/mol. The second kappa shape index (κ2) is 8.93. The molecule has 0 saturated carbocycles. The number of benzene rings is 1. The molecule has 0 amide bonds. The van der Waals surface area contributed by atoms with Gasteiger partial charge in [-0.1, -0.05) is 6.07 Å². The molecule has 2 rings (SSSR count). The number of nitrogens with zero attached hydrogens (tertiary/aromatic N) is 1. The van der Waals surface area contributed by atoms with Gasteiger partial charge in [-0.15, -0.1) is 0 Å². The van der Waals surface area contributed by atoms with Crippen LogP contribution < -0.4 is 10.2 Å². The Bertz CT molecular complexity index is 409. The van der Waals surface area contributed by atoms with E-state index in [1.54, 1.807) is 7.11 Å². The van der Waals surface area contributed by atoms with Crippen molar-refractivity contribution >= 4 is 33.4 Å². The van der Waals surface area contributed by atoms with Crippen LogP contribution >= 0.6 is 27.7 Å². The van der Waals surface area contributed by atoms with Gasteiger partial charge in [0.25, 0.3) is 0 Å². The van der Waals surface area contributed by atoms with Gasteiger partial charge in [-0.3, -0.25) is 0 Å². The van der Waals surface area contributed by atoms with Gasteiger partial charge in [-0.25, -0.2) is 0 Å². The minimum atomic E-state index is 0.755. The molecule has 1 N–H and O–H groups in total. The van der Waals surface area contributed by atoms with Crippen LogP contribution in [0.15, 0.2) is 22.7 Å². The molecule has 1 aliphatic heterocycles. The molecular weight excluding hydrogens is 336 g/mol. The van der Waals surface area contributed by atoms with Crippen molar-refractivity contribution in [3.63, 3.8) is 0 Å². The molecule has 1 aromatic rings. The third-order valence-corrected chi connectivity index (χ3v) is 5.07. The first-order chi connectivity index (χ1) is 9.81. The lowest BCUT2D eigenvalue weighted by molar-refractivity contribution is 0.199. The van der Waals surface area contributed by atoms with Crippen LogP contribution in [0.3, 0.4) is 0 Å². The molecule has 0 radical (unpaired) electrons. The van der Waals surface area contributed by atoms with Gasteiger partial charge in [0.15, 0.2) is 0 Å². The molecule has 20 heavy (non-hydrogen) atoms. The zero-order chi connectivity index (χ0) is 14.2. The van der Waals surface area contributed by atoms with Gasteiger partial charge < -0.3 is 15.0 Å². The lowest BCUT2D eigenvalue weighted by Crippen LogP contribution is -2.26. The van der Waals surface area contributed by atoms with Crippen molar-refractivity contribution in [3.8, 4) is 0 Å². The molecule has 3 nitrogen and oxygen atoms in total. The van der Waals surface area contributed by atoms with Gasteiger partial charge >= 0.3 is 0 Å². The summed E-state index contributed by atoms with van der Waals surface area (Å²) >= 11 is 5.79. The quantitative estimate of drug-likeness (QED) is 0.789. The largest absolute Gasteiger partial charge is 0.383 e. The van der Waals surface area contributed by atoms with Crippen LogP contribution in [-0.2, 0) is 11.3 Å². The smallest absolute Gasteiger partial charge is 0.0587 e. The zero-order valence-electron chi connectivity index (χ0n) is 12.0. The summed E-state index contributed by atoms with van der Waals surface area (Å²) in [6.45, 7) is 4.84. The van der Waals surface area contributed by atoms with E-state index in [1.165, 1.54) is 33.7 Å². The van der Waals surface area contributed by atoms with Crippen LogP contribution in [0.25, 0.3) is 0 Å². The molecule has 1 saturated heterocycles. The normalized spacial score (nSPS) is 16.2. The number of rotatable bonds is 6. The highest BCUT2D eigenvalue weighted by atomic mass is 79.9. The number of thioether (sulfide) groups is 1. The molecule has 0 atom stereocenters. The molecule has 0 unspecified atom stereocenters. The average Bonchev–Trinajstić information content (AvgIpc) is 2.73. The summed E-state index contributed by atoms with van der Waals surface area (Å²) in [7, 11) is 1.73. The van der Waals surface area contributed by atoms with E-state index in [9.17, 15) is 0 Å². The van der Waals surface area contributed by atoms with Gasteiger partial charge in [0.05, 0.1) is 12.3 Å². The van der Waals surface area contributed by atoms with E-state index >= 15 is 0 Å². The molecule has 5 heteroatoms. The van der Waals surface area contributed by atoms with Crippen LogP contribution in [0.2, 0.25) is 0 Å². The maximum atomic E-state index is 5.03. The number of hydrogen-bond donors (Lipinski definition) is 1. The van der Waals surface area contributed by atoms with Crippen molar-refractivity contribution < 1.29 is 4.74 Å². The highest BCUT2D eigenvalue weighted by Gasteiger charge is 2.12. The molecule has 1 aliphatic rings. The summed E-state index contributed by atoms with van der Waals surface area (Å²) in [5.74, 6) is 2.52. The Labute approximate surface area is 134 Å². The SMILES string of the molecule is COCCNCc1ccc(N2CCCSCC2)c(Br)c1. The monoisotopic (exact) mass is 358 g/mol. The van der Waals surface area contributed by atoms with Crippen molar-refractivity contribution in [2.75, 3.05) is 49.8 Å². The average molecular weight is 359 g/mol. The second-order valence-electron chi connectivity index (χ2n) is 4.91. The van der Waals surface area contributed by atoms with Crippen molar-refractivity contribution in [1.29, 1.82) is 0 Å². The summed E-state index contributed by atoms with van der Waals surface area (Å²) in [6, 6.07) is 6.69. The second-order valence-corrected chi connectivity index (χ2v) is 6.99. The molecule has 1 fully saturated rings. The topological polar surface area (TPSA) is 24.5 Å². The number of nitrogens with one attached hydrogen (secondary N) is 1. The minimum absolute atomic E-state index is 0.755. The fraction of sp³-hybridized carbons (Fsp3) is 0.600. The van der Waals surface area contributed by atoms with E-state index in [0.717, 1.165) is 32.8 Å². The first-order valence-corrected chi connectivity index (χ1v) is 9.07. The number of ether oxygens (including phenoxy) is 1. The maximum absolute atomic E-state index is 5.03. The Balaban J connectivity index is 1.94. The summed E-state index contributed by atoms with van der Waals surface area (Å²) < 4.78 is 6.24. The third kappa shape index (κ3) is 4.95. The van der Waals surface area contributed by atoms with E-state index in [1.807, 2.05) is 0 Å². The van der Waals surface area contributed by atoms with Gasteiger partial charge in [-0.2, -0.15) is 11.8 Å². The molecule has 0 spiro atoms. The zero-order valence-corrected chi connectivity index (χ0v) is 14.4. The highest BCUT2D eigenvalue weighted by Crippen LogP contribution is 2.29. The Kier molecular flexibility index (Phi) is 7.21. The molecule has 0 aromatic heterocycles. The van der Waals surface area contributed by atoms with E-state index in [0.29, 0.717) is 0 Å². The lowest BCUT2D eigenvalue weighted by atomic mass is 10.2. The fourth-order valence-corrected chi connectivity index (χ4v) is 3.87. The van der Waals surface area contributed by atoms with Crippen molar-refractivity contribution in [1.82, 2.24) is 5.32 Å². The van der Waals surface area contributed by atoms with Crippen LogP contribution in [0, 0.1) is 0 Å². The van der Waals surface area contributed by atoms with Gasteiger partial charge in [0.2, 0.25) is 0 Å². The Morgan fingerprint density at radius 3 is 3.05 bits per heavy atom. The number of methoxy groups -OCH3 is 1. The number of anilines is 1. The van der Waals surface area contributed by atoms with E-state index in [-0.39, 0.29) is 0 Å². The summed E-state index contributed by atoms with van der Waals surface area (Å²) in [6.07, 6.45) is 1.28. The minimum Gasteiger partial charge on any atom is -0.383 e. The van der Waals surface area contributed by atoms with E-state index < -0.39 is 0 Å². The number of halogens is 1. The van der Waals surface area contributed by atoms with Crippen molar-refractivity contribution in [2.24, 2.45) is 0 Å². The summed E-state index contributed by atoms with van der Waals surface area (Å²) in [4.78, 5) is 2.49. The van der Waals surface area contributed by atoms with E-state index in [4.69, 9.17) is 4.74 Å². The van der Waals surface area contributed by atoms with Crippen LogP contribution in [0.4, 0.5) is 5.69 Å². The van der Waals surface area contributed by atoms with Crippen LogP contribution in [0.5, 0.6) is 0 Å². The molecule has 1 aromatic carbocycles. The third-order valence-electron chi connectivity index (χ3n) is 3.39. The molecule has 0 bridgehead atoms. The number of hydrogen-bond acceptors (Lipinski definition) is 4. The Hall–Kier alpha value is -0.230. The summed E-state index contributed by atoms with van der Waals surface area (Å²) in [5.41, 5.74) is 2.63. The van der Waals surface area contributed by atoms with Gasteiger partial charge in [0, 0.05) is 43.5 Å².